The Bertz CT molecular complexity index is 1020. The van der Waals surface area contributed by atoms with Crippen LogP contribution in [0.1, 0.15) is 39.6 Å². The first-order valence-corrected chi connectivity index (χ1v) is 10.5. The Morgan fingerprint density at radius 1 is 1.21 bits per heavy atom. The van der Waals surface area contributed by atoms with Gasteiger partial charge in [-0.15, -0.1) is 11.3 Å². The lowest BCUT2D eigenvalue weighted by atomic mass is 10.1. The fourth-order valence-electron chi connectivity index (χ4n) is 2.84. The van der Waals surface area contributed by atoms with E-state index >= 15 is 0 Å². The number of nitrogens with one attached hydrogen (secondary N) is 1. The Morgan fingerprint density at radius 2 is 1.93 bits per heavy atom. The van der Waals surface area contributed by atoms with E-state index in [-0.39, 0.29) is 23.7 Å². The third kappa shape index (κ3) is 4.34. The minimum atomic E-state index is -0.386. The number of carbonyl (C=O) groups excluding carboxylic acids is 2. The average Bonchev–Trinajstić information content (AvgIpc) is 3.02. The summed E-state index contributed by atoms with van der Waals surface area (Å²) < 4.78 is 4.85. The number of aromatic nitrogens is 2. The minimum absolute atomic E-state index is 0.0738. The predicted octanol–water partition coefficient (Wildman–Crippen LogP) is 4.06. The van der Waals surface area contributed by atoms with Crippen LogP contribution in [0.3, 0.4) is 0 Å². The second kappa shape index (κ2) is 8.70. The molecule has 0 saturated heterocycles. The van der Waals surface area contributed by atoms with Gasteiger partial charge in [-0.2, -0.15) is 0 Å². The number of methoxy groups -OCH3 is 1. The molecule has 0 aliphatic carbocycles. The molecule has 1 unspecified atom stereocenters. The number of benzene rings is 1. The summed E-state index contributed by atoms with van der Waals surface area (Å²) in [5.74, 6) is 0.368. The molecule has 1 amide bonds. The molecule has 0 bridgehead atoms. The zero-order valence-corrected chi connectivity index (χ0v) is 17.7. The topological polar surface area (TPSA) is 81.2 Å². The zero-order valence-electron chi connectivity index (χ0n) is 16.1. The van der Waals surface area contributed by atoms with Crippen LogP contribution in [-0.4, -0.2) is 34.7 Å². The molecule has 0 radical (unpaired) electrons. The van der Waals surface area contributed by atoms with Crippen LogP contribution >= 0.6 is 23.1 Å². The first-order valence-electron chi connectivity index (χ1n) is 8.74. The summed E-state index contributed by atoms with van der Waals surface area (Å²) in [7, 11) is 1.36. The number of thioether (sulfide) groups is 1. The number of amides is 1. The number of nitrogens with zero attached hydrogens (tertiary/aromatic N) is 2. The maximum Gasteiger partial charge on any atom is 0.348 e. The molecule has 0 spiro atoms. The lowest BCUT2D eigenvalue weighted by Gasteiger charge is -2.14. The molecule has 0 aliphatic heterocycles. The fraction of sp³-hybridized carbons (Fsp3) is 0.300. The standard InChI is InChI=1S/C20H21N3O3S2/c1-11-16-18(22-13(3)23-19(16)28-17(11)20(25)26-4)27-10-15(24)21-12(2)14-8-6-5-7-9-14/h5-9,12H,10H2,1-4H3,(H,21,24). The van der Waals surface area contributed by atoms with E-state index in [0.717, 1.165) is 21.3 Å². The van der Waals surface area contributed by atoms with E-state index in [1.807, 2.05) is 44.2 Å². The molecule has 28 heavy (non-hydrogen) atoms. The van der Waals surface area contributed by atoms with Gasteiger partial charge in [0, 0.05) is 5.39 Å². The van der Waals surface area contributed by atoms with Crippen molar-refractivity contribution in [2.24, 2.45) is 0 Å². The molecular weight excluding hydrogens is 394 g/mol. The molecule has 2 aromatic heterocycles. The van der Waals surface area contributed by atoms with Crippen molar-refractivity contribution in [2.75, 3.05) is 12.9 Å². The van der Waals surface area contributed by atoms with E-state index in [4.69, 9.17) is 4.74 Å². The van der Waals surface area contributed by atoms with Gasteiger partial charge in [-0.05, 0) is 31.9 Å². The third-order valence-electron chi connectivity index (χ3n) is 4.26. The third-order valence-corrected chi connectivity index (χ3v) is 6.40. The van der Waals surface area contributed by atoms with Gasteiger partial charge in [0.25, 0.3) is 0 Å². The highest BCUT2D eigenvalue weighted by Crippen LogP contribution is 2.35. The van der Waals surface area contributed by atoms with Crippen molar-refractivity contribution >= 4 is 45.2 Å². The normalized spacial score (nSPS) is 12.0. The quantitative estimate of drug-likeness (QED) is 0.371. The number of carbonyl (C=O) groups is 2. The molecule has 1 N–H and O–H groups in total. The molecule has 1 atom stereocenters. The van der Waals surface area contributed by atoms with E-state index in [9.17, 15) is 9.59 Å². The first kappa shape index (κ1) is 20.3. The number of hydrogen-bond acceptors (Lipinski definition) is 7. The smallest absolute Gasteiger partial charge is 0.348 e. The predicted molar refractivity (Wildman–Crippen MR) is 112 cm³/mol. The van der Waals surface area contributed by atoms with Crippen molar-refractivity contribution in [3.63, 3.8) is 0 Å². The summed E-state index contributed by atoms with van der Waals surface area (Å²) in [5, 5.41) is 4.51. The number of esters is 1. The highest BCUT2D eigenvalue weighted by molar-refractivity contribution is 8.00. The maximum atomic E-state index is 12.4. The Labute approximate surface area is 171 Å². The lowest BCUT2D eigenvalue weighted by molar-refractivity contribution is -0.119. The molecule has 2 heterocycles. The van der Waals surface area contributed by atoms with Crippen LogP contribution in [0, 0.1) is 13.8 Å². The van der Waals surface area contributed by atoms with Crippen LogP contribution in [0.5, 0.6) is 0 Å². The van der Waals surface area contributed by atoms with Gasteiger partial charge in [-0.1, -0.05) is 42.1 Å². The minimum Gasteiger partial charge on any atom is -0.465 e. The number of hydrogen-bond donors (Lipinski definition) is 1. The number of fused-ring (bicyclic) bond motifs is 1. The van der Waals surface area contributed by atoms with Crippen molar-refractivity contribution in [2.45, 2.75) is 31.8 Å². The van der Waals surface area contributed by atoms with Gasteiger partial charge in [0.15, 0.2) is 0 Å². The fourth-order valence-corrected chi connectivity index (χ4v) is 4.99. The van der Waals surface area contributed by atoms with E-state index in [1.54, 1.807) is 6.92 Å². The molecule has 0 fully saturated rings. The van der Waals surface area contributed by atoms with Crippen LogP contribution in [0.25, 0.3) is 10.2 Å². The summed E-state index contributed by atoms with van der Waals surface area (Å²) in [6.45, 7) is 5.61. The number of aryl methyl sites for hydroxylation is 2. The molecule has 6 nitrogen and oxygen atoms in total. The zero-order chi connectivity index (χ0) is 20.3. The van der Waals surface area contributed by atoms with Gasteiger partial charge in [-0.25, -0.2) is 14.8 Å². The second-order valence-corrected chi connectivity index (χ2v) is 8.26. The molecule has 3 aromatic rings. The monoisotopic (exact) mass is 415 g/mol. The van der Waals surface area contributed by atoms with Gasteiger partial charge < -0.3 is 10.1 Å². The SMILES string of the molecule is COC(=O)c1sc2nc(C)nc(SCC(=O)NC(C)c3ccccc3)c2c1C. The van der Waals surface area contributed by atoms with Crippen LogP contribution in [0.15, 0.2) is 35.4 Å². The Hall–Kier alpha value is -2.45. The molecular formula is C20H21N3O3S2. The van der Waals surface area contributed by atoms with Crippen LogP contribution in [0.4, 0.5) is 0 Å². The van der Waals surface area contributed by atoms with Crippen molar-refractivity contribution < 1.29 is 14.3 Å². The highest BCUT2D eigenvalue weighted by atomic mass is 32.2. The highest BCUT2D eigenvalue weighted by Gasteiger charge is 2.21. The van der Waals surface area contributed by atoms with Gasteiger partial charge in [-0.3, -0.25) is 4.79 Å². The average molecular weight is 416 g/mol. The summed E-state index contributed by atoms with van der Waals surface area (Å²) in [4.78, 5) is 34.6. The van der Waals surface area contributed by atoms with E-state index in [0.29, 0.717) is 15.7 Å². The summed E-state index contributed by atoms with van der Waals surface area (Å²) >= 11 is 2.64. The summed E-state index contributed by atoms with van der Waals surface area (Å²) in [5.41, 5.74) is 1.84. The van der Waals surface area contributed by atoms with Crippen molar-refractivity contribution in [1.29, 1.82) is 0 Å². The largest absolute Gasteiger partial charge is 0.465 e. The molecule has 3 rings (SSSR count). The molecule has 146 valence electrons. The van der Waals surface area contributed by atoms with Crippen molar-refractivity contribution in [3.05, 3.63) is 52.2 Å². The maximum absolute atomic E-state index is 12.4. The summed E-state index contributed by atoms with van der Waals surface area (Å²) in [6, 6.07) is 9.74. The van der Waals surface area contributed by atoms with Crippen molar-refractivity contribution in [1.82, 2.24) is 15.3 Å². The lowest BCUT2D eigenvalue weighted by Crippen LogP contribution is -2.28. The molecule has 1 aromatic carbocycles. The molecule has 8 heteroatoms. The number of thiophene rings is 1. The van der Waals surface area contributed by atoms with Gasteiger partial charge >= 0.3 is 5.97 Å². The van der Waals surface area contributed by atoms with Gasteiger partial charge in [0.05, 0.1) is 18.9 Å². The number of rotatable bonds is 6. The second-order valence-electron chi connectivity index (χ2n) is 6.29. The Morgan fingerprint density at radius 3 is 2.61 bits per heavy atom. The Kier molecular flexibility index (Phi) is 6.31. The number of ether oxygens (including phenoxy) is 1. The Balaban J connectivity index is 1.77. The van der Waals surface area contributed by atoms with Crippen LogP contribution in [-0.2, 0) is 9.53 Å². The van der Waals surface area contributed by atoms with Crippen LogP contribution < -0.4 is 5.32 Å². The van der Waals surface area contributed by atoms with Gasteiger partial charge in [0.1, 0.15) is 20.6 Å². The van der Waals surface area contributed by atoms with E-state index in [1.165, 1.54) is 30.2 Å². The van der Waals surface area contributed by atoms with Gasteiger partial charge in [0.2, 0.25) is 5.91 Å². The van der Waals surface area contributed by atoms with Crippen molar-refractivity contribution in [3.8, 4) is 0 Å². The van der Waals surface area contributed by atoms with E-state index in [2.05, 4.69) is 15.3 Å². The molecule has 0 saturated carbocycles. The molecule has 0 aliphatic rings. The first-order chi connectivity index (χ1) is 13.4. The summed E-state index contributed by atoms with van der Waals surface area (Å²) in [6.07, 6.45) is 0. The van der Waals surface area contributed by atoms with E-state index < -0.39 is 0 Å². The van der Waals surface area contributed by atoms with Crippen LogP contribution in [0.2, 0.25) is 0 Å².